The molecule has 0 spiro atoms. The van der Waals surface area contributed by atoms with Gasteiger partial charge in [0.2, 0.25) is 5.91 Å². The van der Waals surface area contributed by atoms with Gasteiger partial charge in [-0.25, -0.2) is 4.98 Å². The summed E-state index contributed by atoms with van der Waals surface area (Å²) < 4.78 is 1.42. The van der Waals surface area contributed by atoms with Gasteiger partial charge in [0.15, 0.2) is 5.16 Å². The second-order valence-corrected chi connectivity index (χ2v) is 7.52. The van der Waals surface area contributed by atoms with E-state index in [9.17, 15) is 14.4 Å². The highest BCUT2D eigenvalue weighted by Crippen LogP contribution is 2.24. The van der Waals surface area contributed by atoms with E-state index in [1.165, 1.54) is 27.2 Å². The van der Waals surface area contributed by atoms with E-state index in [2.05, 4.69) is 10.3 Å². The molecule has 0 aliphatic heterocycles. The molecule has 7 nitrogen and oxygen atoms in total. The van der Waals surface area contributed by atoms with E-state index in [0.717, 1.165) is 11.8 Å². The zero-order valence-electron chi connectivity index (χ0n) is 12.4. The maximum absolute atomic E-state index is 12.2. The zero-order chi connectivity index (χ0) is 17.3. The molecule has 2 amide bonds. The van der Waals surface area contributed by atoms with Crippen molar-refractivity contribution in [2.45, 2.75) is 5.16 Å². The summed E-state index contributed by atoms with van der Waals surface area (Å²) in [7, 11) is 1.62. The summed E-state index contributed by atoms with van der Waals surface area (Å²) in [4.78, 5) is 40.6. The quantitative estimate of drug-likeness (QED) is 0.519. The van der Waals surface area contributed by atoms with Crippen LogP contribution >= 0.6 is 34.4 Å². The van der Waals surface area contributed by atoms with Crippen LogP contribution in [0.1, 0.15) is 10.4 Å². The number of carbonyl (C=O) groups is 2. The van der Waals surface area contributed by atoms with Gasteiger partial charge in [-0.3, -0.25) is 19.0 Å². The van der Waals surface area contributed by atoms with Crippen molar-refractivity contribution in [1.82, 2.24) is 9.55 Å². The van der Waals surface area contributed by atoms with Gasteiger partial charge in [0.05, 0.1) is 16.7 Å². The van der Waals surface area contributed by atoms with Crippen LogP contribution in [-0.4, -0.2) is 27.1 Å². The molecule has 10 heteroatoms. The Morgan fingerprint density at radius 2 is 2.08 bits per heavy atom. The summed E-state index contributed by atoms with van der Waals surface area (Å²) in [5, 5.41) is 7.60. The maximum atomic E-state index is 12.2. The first kappa shape index (κ1) is 16.7. The highest BCUT2D eigenvalue weighted by molar-refractivity contribution is 7.99. The summed E-state index contributed by atoms with van der Waals surface area (Å²) in [6, 6.07) is 3.30. The molecule has 3 heterocycles. The molecule has 3 N–H and O–H groups in total. The van der Waals surface area contributed by atoms with Crippen LogP contribution in [0.2, 0.25) is 0 Å². The molecule has 0 saturated heterocycles. The molecule has 3 aromatic heterocycles. The minimum atomic E-state index is -0.591. The first-order valence-corrected chi connectivity index (χ1v) is 9.46. The number of aromatic nitrogens is 2. The molecule has 0 saturated carbocycles. The lowest BCUT2D eigenvalue weighted by Crippen LogP contribution is -2.21. The lowest BCUT2D eigenvalue weighted by Gasteiger charge is -2.07. The fourth-order valence-electron chi connectivity index (χ4n) is 2.00. The standard InChI is InChI=1S/C14H12N4O3S3/c1-18-13(21)8-3-5-23-12(8)17-14(18)24-6-9(19)16-11-7(10(15)20)2-4-22-11/h2-5H,6H2,1H3,(H2,15,20)(H,16,19). The van der Waals surface area contributed by atoms with Crippen LogP contribution in [0.4, 0.5) is 5.00 Å². The van der Waals surface area contributed by atoms with E-state index in [4.69, 9.17) is 5.73 Å². The van der Waals surface area contributed by atoms with Gasteiger partial charge in [-0.1, -0.05) is 11.8 Å². The number of anilines is 1. The molecular weight excluding hydrogens is 368 g/mol. The van der Waals surface area contributed by atoms with E-state index >= 15 is 0 Å². The van der Waals surface area contributed by atoms with E-state index in [0.29, 0.717) is 20.4 Å². The van der Waals surface area contributed by atoms with Crippen LogP contribution in [0, 0.1) is 0 Å². The molecule has 3 rings (SSSR count). The van der Waals surface area contributed by atoms with E-state index in [1.807, 2.05) is 5.38 Å². The normalized spacial score (nSPS) is 10.9. The number of hydrogen-bond acceptors (Lipinski definition) is 7. The molecule has 0 aliphatic carbocycles. The minimum Gasteiger partial charge on any atom is -0.366 e. The molecule has 0 atom stereocenters. The van der Waals surface area contributed by atoms with E-state index in [1.54, 1.807) is 24.6 Å². The van der Waals surface area contributed by atoms with Crippen LogP contribution in [0.15, 0.2) is 32.8 Å². The van der Waals surface area contributed by atoms with Gasteiger partial charge in [0.1, 0.15) is 9.83 Å². The summed E-state index contributed by atoms with van der Waals surface area (Å²) in [6.07, 6.45) is 0. The summed E-state index contributed by atoms with van der Waals surface area (Å²) in [5.41, 5.74) is 5.38. The van der Waals surface area contributed by atoms with Gasteiger partial charge in [0, 0.05) is 7.05 Å². The van der Waals surface area contributed by atoms with Crippen molar-refractivity contribution in [3.63, 3.8) is 0 Å². The van der Waals surface area contributed by atoms with Gasteiger partial charge < -0.3 is 11.1 Å². The predicted octanol–water partition coefficient (Wildman–Crippen LogP) is 1.89. The second-order valence-electron chi connectivity index (χ2n) is 4.76. The average molecular weight is 380 g/mol. The van der Waals surface area contributed by atoms with Crippen LogP contribution in [0.25, 0.3) is 10.2 Å². The number of thioether (sulfide) groups is 1. The molecule has 3 aromatic rings. The molecule has 0 radical (unpaired) electrons. The molecule has 0 aliphatic rings. The molecule has 24 heavy (non-hydrogen) atoms. The van der Waals surface area contributed by atoms with Crippen molar-refractivity contribution < 1.29 is 9.59 Å². The number of nitrogens with two attached hydrogens (primary N) is 1. The summed E-state index contributed by atoms with van der Waals surface area (Å²) in [6.45, 7) is 0. The van der Waals surface area contributed by atoms with Gasteiger partial charge in [0.25, 0.3) is 11.5 Å². The Bertz CT molecular complexity index is 989. The molecule has 0 bridgehead atoms. The first-order chi connectivity index (χ1) is 11.5. The third-order valence-electron chi connectivity index (χ3n) is 3.18. The number of primary amides is 1. The van der Waals surface area contributed by atoms with Crippen LogP contribution in [0.3, 0.4) is 0 Å². The molecule has 124 valence electrons. The summed E-state index contributed by atoms with van der Waals surface area (Å²) >= 11 is 3.76. The summed E-state index contributed by atoms with van der Waals surface area (Å²) in [5.74, 6) is -0.829. The Morgan fingerprint density at radius 3 is 2.83 bits per heavy atom. The Morgan fingerprint density at radius 1 is 1.33 bits per heavy atom. The van der Waals surface area contributed by atoms with Crippen molar-refractivity contribution >= 4 is 61.5 Å². The number of rotatable bonds is 5. The minimum absolute atomic E-state index is 0.0628. The molecule has 0 aromatic carbocycles. The van der Waals surface area contributed by atoms with Crippen LogP contribution in [-0.2, 0) is 11.8 Å². The SMILES string of the molecule is Cn1c(SCC(=O)Nc2sccc2C(N)=O)nc2sccc2c1=O. The number of nitrogens with one attached hydrogen (secondary N) is 1. The monoisotopic (exact) mass is 380 g/mol. The zero-order valence-corrected chi connectivity index (χ0v) is 14.9. The highest BCUT2D eigenvalue weighted by atomic mass is 32.2. The van der Waals surface area contributed by atoms with E-state index < -0.39 is 5.91 Å². The number of nitrogens with zero attached hydrogens (tertiary/aromatic N) is 2. The van der Waals surface area contributed by atoms with E-state index in [-0.39, 0.29) is 22.8 Å². The largest absolute Gasteiger partial charge is 0.366 e. The third kappa shape index (κ3) is 3.21. The fraction of sp³-hybridized carbons (Fsp3) is 0.143. The Hall–Kier alpha value is -2.17. The Kier molecular flexibility index (Phi) is 4.69. The predicted molar refractivity (Wildman–Crippen MR) is 97.1 cm³/mol. The van der Waals surface area contributed by atoms with Crippen molar-refractivity contribution in [2.75, 3.05) is 11.1 Å². The van der Waals surface area contributed by atoms with Crippen molar-refractivity contribution in [2.24, 2.45) is 12.8 Å². The molecule has 0 fully saturated rings. The maximum Gasteiger partial charge on any atom is 0.262 e. The number of amides is 2. The average Bonchev–Trinajstić information content (AvgIpc) is 3.18. The fourth-order valence-corrected chi connectivity index (χ4v) is 4.39. The Labute approximate surface area is 148 Å². The lowest BCUT2D eigenvalue weighted by atomic mass is 10.3. The number of carbonyl (C=O) groups excluding carboxylic acids is 2. The lowest BCUT2D eigenvalue weighted by molar-refractivity contribution is -0.113. The second kappa shape index (κ2) is 6.75. The van der Waals surface area contributed by atoms with Crippen LogP contribution < -0.4 is 16.6 Å². The van der Waals surface area contributed by atoms with Gasteiger partial charge in [-0.15, -0.1) is 22.7 Å². The topological polar surface area (TPSA) is 107 Å². The smallest absolute Gasteiger partial charge is 0.262 e. The van der Waals surface area contributed by atoms with Crippen molar-refractivity contribution in [1.29, 1.82) is 0 Å². The first-order valence-electron chi connectivity index (χ1n) is 6.71. The van der Waals surface area contributed by atoms with Crippen LogP contribution in [0.5, 0.6) is 0 Å². The van der Waals surface area contributed by atoms with Gasteiger partial charge >= 0.3 is 0 Å². The highest BCUT2D eigenvalue weighted by Gasteiger charge is 2.15. The molecular formula is C14H12N4O3S3. The number of fused-ring (bicyclic) bond motifs is 1. The molecule has 0 unspecified atom stereocenters. The van der Waals surface area contributed by atoms with Crippen molar-refractivity contribution in [3.8, 4) is 0 Å². The van der Waals surface area contributed by atoms with Gasteiger partial charge in [-0.05, 0) is 22.9 Å². The number of thiophene rings is 2. The number of hydrogen-bond donors (Lipinski definition) is 2. The third-order valence-corrected chi connectivity index (χ3v) is 5.85. The van der Waals surface area contributed by atoms with Gasteiger partial charge in [-0.2, -0.15) is 0 Å². The van der Waals surface area contributed by atoms with Crippen molar-refractivity contribution in [3.05, 3.63) is 38.8 Å². The Balaban J connectivity index is 1.73.